The van der Waals surface area contributed by atoms with E-state index in [4.69, 9.17) is 4.74 Å². The summed E-state index contributed by atoms with van der Waals surface area (Å²) >= 11 is 0. The molecule has 0 spiro atoms. The normalized spacial score (nSPS) is 10.8. The van der Waals surface area contributed by atoms with Crippen molar-refractivity contribution in [2.75, 3.05) is 33.9 Å². The minimum atomic E-state index is -0.384. The minimum Gasteiger partial charge on any atom is -0.383 e. The van der Waals surface area contributed by atoms with Gasteiger partial charge >= 0.3 is 0 Å². The van der Waals surface area contributed by atoms with Crippen molar-refractivity contribution >= 4 is 5.78 Å². The molecular formula is C12H16FNO2. The Bertz CT molecular complexity index is 355. The number of Topliss-reactive ketones (excluding diaryl/α,β-unsaturated/α-hetero) is 1. The van der Waals surface area contributed by atoms with E-state index in [2.05, 4.69) is 0 Å². The molecule has 0 bridgehead atoms. The topological polar surface area (TPSA) is 29.5 Å². The molecule has 0 atom stereocenters. The first-order valence-corrected chi connectivity index (χ1v) is 5.09. The van der Waals surface area contributed by atoms with E-state index in [-0.39, 0.29) is 18.1 Å². The van der Waals surface area contributed by atoms with Gasteiger partial charge in [-0.3, -0.25) is 9.69 Å². The summed E-state index contributed by atoms with van der Waals surface area (Å²) in [5, 5.41) is 0. The van der Waals surface area contributed by atoms with Crippen molar-refractivity contribution < 1.29 is 13.9 Å². The van der Waals surface area contributed by atoms with Crippen LogP contribution in [0.15, 0.2) is 24.3 Å². The van der Waals surface area contributed by atoms with E-state index in [1.54, 1.807) is 13.2 Å². The predicted octanol–water partition coefficient (Wildman–Crippen LogP) is 1.59. The third-order valence-electron chi connectivity index (χ3n) is 2.24. The quantitative estimate of drug-likeness (QED) is 0.688. The number of hydrogen-bond acceptors (Lipinski definition) is 3. The summed E-state index contributed by atoms with van der Waals surface area (Å²) in [6.07, 6.45) is 0. The second kappa shape index (κ2) is 6.35. The Morgan fingerprint density at radius 3 is 2.88 bits per heavy atom. The maximum atomic E-state index is 12.9. The first kappa shape index (κ1) is 12.8. The molecule has 1 aromatic carbocycles. The summed E-state index contributed by atoms with van der Waals surface area (Å²) in [5.74, 6) is -0.469. The van der Waals surface area contributed by atoms with Crippen LogP contribution >= 0.6 is 0 Å². The Labute approximate surface area is 94.8 Å². The second-order valence-corrected chi connectivity index (χ2v) is 3.66. The number of nitrogens with zero attached hydrogens (tertiary/aromatic N) is 1. The van der Waals surface area contributed by atoms with Gasteiger partial charge in [0.2, 0.25) is 0 Å². The monoisotopic (exact) mass is 225 g/mol. The Kier molecular flexibility index (Phi) is 5.08. The van der Waals surface area contributed by atoms with Crippen LogP contribution in [0.25, 0.3) is 0 Å². The first-order valence-electron chi connectivity index (χ1n) is 5.09. The summed E-state index contributed by atoms with van der Waals surface area (Å²) in [7, 11) is 3.44. The number of benzene rings is 1. The molecule has 0 aliphatic rings. The maximum absolute atomic E-state index is 12.9. The average molecular weight is 225 g/mol. The Morgan fingerprint density at radius 1 is 1.50 bits per heavy atom. The van der Waals surface area contributed by atoms with Gasteiger partial charge < -0.3 is 4.74 Å². The third kappa shape index (κ3) is 4.08. The van der Waals surface area contributed by atoms with Crippen molar-refractivity contribution in [1.82, 2.24) is 4.90 Å². The molecule has 0 aliphatic heterocycles. The lowest BCUT2D eigenvalue weighted by molar-refractivity contribution is 0.0922. The van der Waals surface area contributed by atoms with Crippen molar-refractivity contribution in [2.45, 2.75) is 0 Å². The Hall–Kier alpha value is -1.26. The molecule has 0 saturated heterocycles. The van der Waals surface area contributed by atoms with Crippen LogP contribution in [-0.2, 0) is 4.74 Å². The zero-order valence-electron chi connectivity index (χ0n) is 9.57. The van der Waals surface area contributed by atoms with Gasteiger partial charge in [-0.2, -0.15) is 0 Å². The molecule has 0 heterocycles. The Balaban J connectivity index is 2.52. The number of hydrogen-bond donors (Lipinski definition) is 0. The van der Waals surface area contributed by atoms with E-state index < -0.39 is 0 Å². The van der Waals surface area contributed by atoms with Crippen molar-refractivity contribution in [3.8, 4) is 0 Å². The largest absolute Gasteiger partial charge is 0.383 e. The van der Waals surface area contributed by atoms with Crippen molar-refractivity contribution in [1.29, 1.82) is 0 Å². The van der Waals surface area contributed by atoms with Crippen molar-refractivity contribution in [3.05, 3.63) is 35.6 Å². The van der Waals surface area contributed by atoms with Crippen LogP contribution in [0, 0.1) is 5.82 Å². The summed E-state index contributed by atoms with van der Waals surface area (Å²) < 4.78 is 17.8. The molecule has 4 heteroatoms. The number of carbonyl (C=O) groups excluding carboxylic acids is 1. The lowest BCUT2D eigenvalue weighted by atomic mass is 10.1. The highest BCUT2D eigenvalue weighted by Gasteiger charge is 2.09. The fraction of sp³-hybridized carbons (Fsp3) is 0.417. The highest BCUT2D eigenvalue weighted by atomic mass is 19.1. The lowest BCUT2D eigenvalue weighted by Gasteiger charge is -2.14. The summed E-state index contributed by atoms with van der Waals surface area (Å²) in [5.41, 5.74) is 0.407. The molecule has 0 amide bonds. The van der Waals surface area contributed by atoms with Crippen LogP contribution < -0.4 is 0 Å². The third-order valence-corrected chi connectivity index (χ3v) is 2.24. The van der Waals surface area contributed by atoms with E-state index in [0.29, 0.717) is 18.7 Å². The van der Waals surface area contributed by atoms with Crippen LogP contribution in [0.1, 0.15) is 10.4 Å². The number of likely N-dealkylation sites (N-methyl/N-ethyl adjacent to an activating group) is 1. The van der Waals surface area contributed by atoms with E-state index >= 15 is 0 Å². The molecular weight excluding hydrogens is 209 g/mol. The van der Waals surface area contributed by atoms with Gasteiger partial charge in [-0.05, 0) is 19.2 Å². The number of halogens is 1. The number of ether oxygens (including phenoxy) is 1. The summed E-state index contributed by atoms with van der Waals surface area (Å²) in [4.78, 5) is 13.6. The average Bonchev–Trinajstić information content (AvgIpc) is 2.26. The molecule has 88 valence electrons. The molecule has 0 fully saturated rings. The van der Waals surface area contributed by atoms with Gasteiger partial charge in [0, 0.05) is 19.2 Å². The van der Waals surface area contributed by atoms with Gasteiger partial charge in [0.25, 0.3) is 0 Å². The zero-order valence-corrected chi connectivity index (χ0v) is 9.57. The molecule has 1 aromatic rings. The van der Waals surface area contributed by atoms with E-state index in [9.17, 15) is 9.18 Å². The van der Waals surface area contributed by atoms with Crippen LogP contribution in [0.4, 0.5) is 4.39 Å². The number of carbonyl (C=O) groups is 1. The molecule has 0 saturated carbocycles. The maximum Gasteiger partial charge on any atom is 0.176 e. The molecule has 0 aliphatic carbocycles. The SMILES string of the molecule is COCCN(C)CC(=O)c1cccc(F)c1. The molecule has 1 rings (SSSR count). The molecule has 16 heavy (non-hydrogen) atoms. The molecule has 3 nitrogen and oxygen atoms in total. The van der Waals surface area contributed by atoms with Gasteiger partial charge in [0.05, 0.1) is 13.2 Å². The van der Waals surface area contributed by atoms with Gasteiger partial charge in [-0.25, -0.2) is 4.39 Å². The standard InChI is InChI=1S/C12H16FNO2/c1-14(6-7-16-2)9-12(15)10-4-3-5-11(13)8-10/h3-5,8H,6-7,9H2,1-2H3. The number of rotatable bonds is 6. The molecule has 0 aromatic heterocycles. The van der Waals surface area contributed by atoms with E-state index in [1.807, 2.05) is 11.9 Å². The van der Waals surface area contributed by atoms with Crippen molar-refractivity contribution in [2.24, 2.45) is 0 Å². The predicted molar refractivity (Wildman–Crippen MR) is 60.1 cm³/mol. The molecule has 0 N–H and O–H groups in total. The molecule has 0 radical (unpaired) electrons. The zero-order chi connectivity index (χ0) is 12.0. The van der Waals surface area contributed by atoms with Crippen LogP contribution in [0.3, 0.4) is 0 Å². The number of methoxy groups -OCH3 is 1. The van der Waals surface area contributed by atoms with Crippen molar-refractivity contribution in [3.63, 3.8) is 0 Å². The van der Waals surface area contributed by atoms with Crippen LogP contribution in [-0.4, -0.2) is 44.5 Å². The highest BCUT2D eigenvalue weighted by Crippen LogP contribution is 2.05. The molecule has 0 unspecified atom stereocenters. The van der Waals surface area contributed by atoms with Crippen LogP contribution in [0.5, 0.6) is 0 Å². The minimum absolute atomic E-state index is 0.0851. The summed E-state index contributed by atoms with van der Waals surface area (Å²) in [6.45, 7) is 1.53. The summed E-state index contributed by atoms with van der Waals surface area (Å²) in [6, 6.07) is 5.74. The first-order chi connectivity index (χ1) is 7.63. The fourth-order valence-corrected chi connectivity index (χ4v) is 1.32. The van der Waals surface area contributed by atoms with Gasteiger partial charge in [0.15, 0.2) is 5.78 Å². The van der Waals surface area contributed by atoms with Gasteiger partial charge in [-0.1, -0.05) is 12.1 Å². The van der Waals surface area contributed by atoms with Gasteiger partial charge in [-0.15, -0.1) is 0 Å². The van der Waals surface area contributed by atoms with E-state index in [0.717, 1.165) is 0 Å². The van der Waals surface area contributed by atoms with Crippen LogP contribution in [0.2, 0.25) is 0 Å². The Morgan fingerprint density at radius 2 is 2.25 bits per heavy atom. The van der Waals surface area contributed by atoms with E-state index in [1.165, 1.54) is 18.2 Å². The smallest absolute Gasteiger partial charge is 0.176 e. The highest BCUT2D eigenvalue weighted by molar-refractivity contribution is 5.97. The fourth-order valence-electron chi connectivity index (χ4n) is 1.32. The lowest BCUT2D eigenvalue weighted by Crippen LogP contribution is -2.29. The number of ketones is 1. The second-order valence-electron chi connectivity index (χ2n) is 3.66. The van der Waals surface area contributed by atoms with Gasteiger partial charge in [0.1, 0.15) is 5.82 Å².